The van der Waals surface area contributed by atoms with E-state index < -0.39 is 5.60 Å². The van der Waals surface area contributed by atoms with Gasteiger partial charge >= 0.3 is 11.9 Å². The second-order valence-electron chi connectivity index (χ2n) is 4.73. The molecular weight excluding hydrogens is 196 g/mol. The SMILES string of the molecule is CCOC(=O)[C@@H]1C[C@H]1C(=O)OC(C)(C)C. The van der Waals surface area contributed by atoms with Crippen LogP contribution in [-0.2, 0) is 19.1 Å². The Labute approximate surface area is 89.9 Å². The highest BCUT2D eigenvalue weighted by atomic mass is 16.6. The van der Waals surface area contributed by atoms with Crippen LogP contribution in [0.25, 0.3) is 0 Å². The molecule has 1 saturated carbocycles. The van der Waals surface area contributed by atoms with Gasteiger partial charge in [0.05, 0.1) is 18.4 Å². The van der Waals surface area contributed by atoms with Gasteiger partial charge in [-0.3, -0.25) is 9.59 Å². The fourth-order valence-electron chi connectivity index (χ4n) is 1.34. The number of carbonyl (C=O) groups excluding carboxylic acids is 2. The van der Waals surface area contributed by atoms with Gasteiger partial charge < -0.3 is 9.47 Å². The molecule has 1 fully saturated rings. The lowest BCUT2D eigenvalue weighted by atomic mass is 10.2. The van der Waals surface area contributed by atoms with Gasteiger partial charge in [0.15, 0.2) is 0 Å². The van der Waals surface area contributed by atoms with Gasteiger partial charge in [-0.05, 0) is 34.1 Å². The highest BCUT2D eigenvalue weighted by molar-refractivity contribution is 5.87. The molecular formula is C11H18O4. The summed E-state index contributed by atoms with van der Waals surface area (Å²) < 4.78 is 10.0. The van der Waals surface area contributed by atoms with Crippen LogP contribution in [0.2, 0.25) is 0 Å². The highest BCUT2D eigenvalue weighted by Gasteiger charge is 2.51. The molecule has 1 aliphatic rings. The highest BCUT2D eigenvalue weighted by Crippen LogP contribution is 2.41. The second kappa shape index (κ2) is 4.21. The van der Waals surface area contributed by atoms with Gasteiger partial charge in [0, 0.05) is 0 Å². The summed E-state index contributed by atoms with van der Waals surface area (Å²) in [5, 5.41) is 0. The van der Waals surface area contributed by atoms with Crippen molar-refractivity contribution in [2.24, 2.45) is 11.8 Å². The average molecular weight is 214 g/mol. The molecule has 86 valence electrons. The molecule has 0 aromatic carbocycles. The van der Waals surface area contributed by atoms with E-state index in [1.165, 1.54) is 0 Å². The summed E-state index contributed by atoms with van der Waals surface area (Å²) in [5.41, 5.74) is -0.487. The molecule has 4 nitrogen and oxygen atoms in total. The van der Waals surface area contributed by atoms with Crippen LogP contribution in [0.5, 0.6) is 0 Å². The molecule has 0 spiro atoms. The summed E-state index contributed by atoms with van der Waals surface area (Å²) in [5.74, 6) is -1.14. The number of carbonyl (C=O) groups is 2. The number of hydrogen-bond acceptors (Lipinski definition) is 4. The second-order valence-corrected chi connectivity index (χ2v) is 4.73. The Morgan fingerprint density at radius 3 is 2.20 bits per heavy atom. The molecule has 15 heavy (non-hydrogen) atoms. The Morgan fingerprint density at radius 2 is 1.73 bits per heavy atom. The van der Waals surface area contributed by atoms with Crippen LogP contribution in [0.1, 0.15) is 34.1 Å². The minimum absolute atomic E-state index is 0.278. The summed E-state index contributed by atoms with van der Waals surface area (Å²) >= 11 is 0. The van der Waals surface area contributed by atoms with Gasteiger partial charge in [-0.25, -0.2) is 0 Å². The predicted molar refractivity (Wildman–Crippen MR) is 54.1 cm³/mol. The largest absolute Gasteiger partial charge is 0.466 e. The summed E-state index contributed by atoms with van der Waals surface area (Å²) in [6.45, 7) is 7.55. The van der Waals surface area contributed by atoms with E-state index in [0.717, 1.165) is 0 Å². The number of esters is 2. The third-order valence-corrected chi connectivity index (χ3v) is 2.09. The normalized spacial score (nSPS) is 24.5. The molecule has 0 aliphatic heterocycles. The summed E-state index contributed by atoms with van der Waals surface area (Å²) in [6, 6.07) is 0. The van der Waals surface area contributed by atoms with Crippen molar-refractivity contribution in [3.8, 4) is 0 Å². The van der Waals surface area contributed by atoms with E-state index in [1.807, 2.05) is 20.8 Å². The molecule has 0 aromatic rings. The van der Waals surface area contributed by atoms with Crippen molar-refractivity contribution < 1.29 is 19.1 Å². The van der Waals surface area contributed by atoms with E-state index in [4.69, 9.17) is 9.47 Å². The van der Waals surface area contributed by atoms with Crippen molar-refractivity contribution in [1.29, 1.82) is 0 Å². The molecule has 2 atom stereocenters. The minimum Gasteiger partial charge on any atom is -0.466 e. The third kappa shape index (κ3) is 3.53. The Bertz CT molecular complexity index is 264. The van der Waals surface area contributed by atoms with Crippen LogP contribution in [0, 0.1) is 11.8 Å². The van der Waals surface area contributed by atoms with Gasteiger partial charge in [-0.2, -0.15) is 0 Å². The maximum atomic E-state index is 11.5. The molecule has 0 heterocycles. The first-order valence-electron chi connectivity index (χ1n) is 5.24. The first-order chi connectivity index (χ1) is 6.85. The van der Waals surface area contributed by atoms with E-state index in [-0.39, 0.29) is 23.8 Å². The maximum Gasteiger partial charge on any atom is 0.310 e. The molecule has 0 amide bonds. The van der Waals surface area contributed by atoms with Gasteiger partial charge in [-0.15, -0.1) is 0 Å². The zero-order valence-electron chi connectivity index (χ0n) is 9.70. The lowest BCUT2D eigenvalue weighted by Crippen LogP contribution is -2.26. The zero-order valence-corrected chi connectivity index (χ0v) is 9.70. The van der Waals surface area contributed by atoms with Crippen LogP contribution in [-0.4, -0.2) is 24.1 Å². The molecule has 0 aromatic heterocycles. The third-order valence-electron chi connectivity index (χ3n) is 2.09. The number of ether oxygens (including phenoxy) is 2. The van der Waals surface area contributed by atoms with Crippen molar-refractivity contribution in [2.45, 2.75) is 39.7 Å². The van der Waals surface area contributed by atoms with E-state index >= 15 is 0 Å². The molecule has 4 heteroatoms. The van der Waals surface area contributed by atoms with Crippen molar-refractivity contribution in [3.63, 3.8) is 0 Å². The quantitative estimate of drug-likeness (QED) is 0.668. The Hall–Kier alpha value is -1.06. The smallest absolute Gasteiger partial charge is 0.310 e. The molecule has 0 saturated heterocycles. The van der Waals surface area contributed by atoms with Crippen LogP contribution in [0.15, 0.2) is 0 Å². The number of rotatable bonds is 3. The van der Waals surface area contributed by atoms with E-state index in [0.29, 0.717) is 13.0 Å². The maximum absolute atomic E-state index is 11.5. The lowest BCUT2D eigenvalue weighted by Gasteiger charge is -2.19. The molecule has 1 aliphatic carbocycles. The Morgan fingerprint density at radius 1 is 1.20 bits per heavy atom. The van der Waals surface area contributed by atoms with Gasteiger partial charge in [0.1, 0.15) is 5.60 Å². The molecule has 1 rings (SSSR count). The van der Waals surface area contributed by atoms with Gasteiger partial charge in [-0.1, -0.05) is 0 Å². The molecule has 0 radical (unpaired) electrons. The van der Waals surface area contributed by atoms with Crippen LogP contribution < -0.4 is 0 Å². The van der Waals surface area contributed by atoms with E-state index in [9.17, 15) is 9.59 Å². The Balaban J connectivity index is 2.37. The van der Waals surface area contributed by atoms with E-state index in [2.05, 4.69) is 0 Å². The first-order valence-corrected chi connectivity index (χ1v) is 5.24. The van der Waals surface area contributed by atoms with Crippen molar-refractivity contribution in [2.75, 3.05) is 6.61 Å². The molecule has 0 unspecified atom stereocenters. The Kier molecular flexibility index (Phi) is 3.37. The predicted octanol–water partition coefficient (Wildman–Crippen LogP) is 1.53. The van der Waals surface area contributed by atoms with Crippen LogP contribution in [0.3, 0.4) is 0 Å². The molecule has 0 N–H and O–H groups in total. The summed E-state index contributed by atoms with van der Waals surface area (Å²) in [4.78, 5) is 22.8. The van der Waals surface area contributed by atoms with Gasteiger partial charge in [0.2, 0.25) is 0 Å². The minimum atomic E-state index is -0.487. The van der Waals surface area contributed by atoms with Crippen molar-refractivity contribution in [1.82, 2.24) is 0 Å². The zero-order chi connectivity index (χ0) is 11.6. The van der Waals surface area contributed by atoms with Crippen molar-refractivity contribution in [3.05, 3.63) is 0 Å². The van der Waals surface area contributed by atoms with Crippen LogP contribution >= 0.6 is 0 Å². The molecule has 0 bridgehead atoms. The van der Waals surface area contributed by atoms with Crippen LogP contribution in [0.4, 0.5) is 0 Å². The fourth-order valence-corrected chi connectivity index (χ4v) is 1.34. The monoisotopic (exact) mass is 214 g/mol. The fraction of sp³-hybridized carbons (Fsp3) is 0.818. The van der Waals surface area contributed by atoms with Crippen molar-refractivity contribution >= 4 is 11.9 Å². The average Bonchev–Trinajstić information content (AvgIpc) is 2.79. The first kappa shape index (κ1) is 12.0. The lowest BCUT2D eigenvalue weighted by molar-refractivity contribution is -0.159. The van der Waals surface area contributed by atoms with E-state index in [1.54, 1.807) is 6.92 Å². The topological polar surface area (TPSA) is 52.6 Å². The number of hydrogen-bond donors (Lipinski definition) is 0. The summed E-state index contributed by atoms with van der Waals surface area (Å²) in [7, 11) is 0. The van der Waals surface area contributed by atoms with Gasteiger partial charge in [0.25, 0.3) is 0 Å². The standard InChI is InChI=1S/C11H18O4/c1-5-14-9(12)7-6-8(7)10(13)15-11(2,3)4/h7-8H,5-6H2,1-4H3/t7-,8-/m1/s1. The summed E-state index contributed by atoms with van der Waals surface area (Å²) in [6.07, 6.45) is 0.563.